The minimum absolute atomic E-state index is 0.0224. The molecule has 0 aliphatic carbocycles. The van der Waals surface area contributed by atoms with Crippen molar-refractivity contribution < 1.29 is 23.1 Å². The van der Waals surface area contributed by atoms with Crippen molar-refractivity contribution in [3.63, 3.8) is 0 Å². The van der Waals surface area contributed by atoms with E-state index in [0.29, 0.717) is 12.0 Å². The van der Waals surface area contributed by atoms with Crippen molar-refractivity contribution in [3.05, 3.63) is 29.3 Å². The van der Waals surface area contributed by atoms with Gasteiger partial charge in [-0.3, -0.25) is 0 Å². The first kappa shape index (κ1) is 14.7. The minimum Gasteiger partial charge on any atom is -0.478 e. The Kier molecular flexibility index (Phi) is 4.86. The summed E-state index contributed by atoms with van der Waals surface area (Å²) in [5, 5.41) is 9.04. The van der Waals surface area contributed by atoms with E-state index in [1.54, 1.807) is 6.07 Å². The zero-order valence-electron chi connectivity index (χ0n) is 10.3. The Morgan fingerprint density at radius 3 is 2.56 bits per heavy atom. The summed E-state index contributed by atoms with van der Waals surface area (Å²) in [5.74, 6) is -1.27. The van der Waals surface area contributed by atoms with E-state index in [0.717, 1.165) is 0 Å². The number of carbonyl (C=O) groups is 1. The molecule has 0 bridgehead atoms. The van der Waals surface area contributed by atoms with Gasteiger partial charge in [0.1, 0.15) is 0 Å². The van der Waals surface area contributed by atoms with Crippen LogP contribution in [0.1, 0.15) is 22.8 Å². The predicted molar refractivity (Wildman–Crippen MR) is 66.7 cm³/mol. The highest BCUT2D eigenvalue weighted by atomic mass is 32.2. The SMILES string of the molecule is CCc1ccc(S(=O)(=O)CCOC)cc1C(=O)O. The standard InChI is InChI=1S/C12H16O5S/c1-3-9-4-5-10(8-11(9)12(13)14)18(15,16)7-6-17-2/h4-5,8H,3,6-7H2,1-2H3,(H,13,14). The molecule has 0 aromatic heterocycles. The first-order chi connectivity index (χ1) is 8.42. The Bertz CT molecular complexity index is 533. The molecule has 0 aliphatic heterocycles. The van der Waals surface area contributed by atoms with E-state index in [9.17, 15) is 13.2 Å². The monoisotopic (exact) mass is 272 g/mol. The minimum atomic E-state index is -3.49. The average Bonchev–Trinajstić information content (AvgIpc) is 2.35. The van der Waals surface area contributed by atoms with Gasteiger partial charge in [0.2, 0.25) is 0 Å². The van der Waals surface area contributed by atoms with E-state index < -0.39 is 15.8 Å². The average molecular weight is 272 g/mol. The fourth-order valence-electron chi connectivity index (χ4n) is 1.57. The van der Waals surface area contributed by atoms with Gasteiger partial charge in [-0.2, -0.15) is 0 Å². The molecule has 0 unspecified atom stereocenters. The molecule has 0 saturated heterocycles. The van der Waals surface area contributed by atoms with Gasteiger partial charge in [-0.25, -0.2) is 13.2 Å². The second kappa shape index (κ2) is 5.97. The first-order valence-corrected chi connectivity index (χ1v) is 7.15. The summed E-state index contributed by atoms with van der Waals surface area (Å²) >= 11 is 0. The molecule has 0 radical (unpaired) electrons. The number of hydrogen-bond acceptors (Lipinski definition) is 4. The van der Waals surface area contributed by atoms with Crippen LogP contribution in [-0.4, -0.2) is 39.0 Å². The van der Waals surface area contributed by atoms with Gasteiger partial charge >= 0.3 is 5.97 Å². The highest BCUT2D eigenvalue weighted by Gasteiger charge is 2.18. The number of carboxylic acids is 1. The third kappa shape index (κ3) is 3.30. The first-order valence-electron chi connectivity index (χ1n) is 5.50. The lowest BCUT2D eigenvalue weighted by atomic mass is 10.1. The summed E-state index contributed by atoms with van der Waals surface area (Å²) in [6.45, 7) is 1.90. The van der Waals surface area contributed by atoms with E-state index in [1.807, 2.05) is 6.92 Å². The fourth-order valence-corrected chi connectivity index (χ4v) is 2.76. The molecular weight excluding hydrogens is 256 g/mol. The Hall–Kier alpha value is -1.40. The molecule has 0 fully saturated rings. The molecule has 0 spiro atoms. The van der Waals surface area contributed by atoms with Crippen molar-refractivity contribution >= 4 is 15.8 Å². The Balaban J connectivity index is 3.20. The molecule has 0 heterocycles. The molecule has 1 N–H and O–H groups in total. The number of hydrogen-bond donors (Lipinski definition) is 1. The number of methoxy groups -OCH3 is 1. The van der Waals surface area contributed by atoms with E-state index in [2.05, 4.69) is 0 Å². The number of rotatable bonds is 6. The van der Waals surface area contributed by atoms with E-state index in [1.165, 1.54) is 19.2 Å². The summed E-state index contributed by atoms with van der Waals surface area (Å²) in [4.78, 5) is 11.1. The third-order valence-electron chi connectivity index (χ3n) is 2.61. The van der Waals surface area contributed by atoms with Gasteiger partial charge in [-0.05, 0) is 24.1 Å². The molecule has 1 aromatic carbocycles. The number of benzene rings is 1. The van der Waals surface area contributed by atoms with Crippen molar-refractivity contribution in [2.75, 3.05) is 19.5 Å². The maximum absolute atomic E-state index is 11.9. The zero-order valence-corrected chi connectivity index (χ0v) is 11.2. The summed E-state index contributed by atoms with van der Waals surface area (Å²) < 4.78 is 28.5. The summed E-state index contributed by atoms with van der Waals surface area (Å²) in [7, 11) is -2.08. The molecule has 0 aliphatic rings. The highest BCUT2D eigenvalue weighted by molar-refractivity contribution is 7.91. The van der Waals surface area contributed by atoms with Crippen LogP contribution in [0, 0.1) is 0 Å². The van der Waals surface area contributed by atoms with Crippen LogP contribution in [0.5, 0.6) is 0 Å². The topological polar surface area (TPSA) is 80.7 Å². The summed E-state index contributed by atoms with van der Waals surface area (Å²) in [5.41, 5.74) is 0.657. The number of aryl methyl sites for hydroxylation is 1. The summed E-state index contributed by atoms with van der Waals surface area (Å²) in [6, 6.07) is 4.20. The van der Waals surface area contributed by atoms with Gasteiger partial charge in [0, 0.05) is 7.11 Å². The molecule has 0 amide bonds. The molecule has 0 atom stereocenters. The lowest BCUT2D eigenvalue weighted by molar-refractivity contribution is 0.0695. The van der Waals surface area contributed by atoms with Crippen molar-refractivity contribution in [2.24, 2.45) is 0 Å². The molecular formula is C12H16O5S. The fraction of sp³-hybridized carbons (Fsp3) is 0.417. The molecule has 18 heavy (non-hydrogen) atoms. The molecule has 1 rings (SSSR count). The van der Waals surface area contributed by atoms with Gasteiger partial charge in [0.05, 0.1) is 22.8 Å². The normalized spacial score (nSPS) is 11.4. The lowest BCUT2D eigenvalue weighted by Gasteiger charge is -2.08. The molecule has 0 saturated carbocycles. The highest BCUT2D eigenvalue weighted by Crippen LogP contribution is 2.18. The second-order valence-corrected chi connectivity index (χ2v) is 5.90. The Morgan fingerprint density at radius 2 is 2.06 bits per heavy atom. The van der Waals surface area contributed by atoms with Crippen LogP contribution in [0.15, 0.2) is 23.1 Å². The largest absolute Gasteiger partial charge is 0.478 e. The molecule has 100 valence electrons. The zero-order chi connectivity index (χ0) is 13.8. The van der Waals surface area contributed by atoms with Crippen LogP contribution in [0.25, 0.3) is 0 Å². The second-order valence-electron chi connectivity index (χ2n) is 3.79. The van der Waals surface area contributed by atoms with E-state index in [-0.39, 0.29) is 22.8 Å². The van der Waals surface area contributed by atoms with Crippen molar-refractivity contribution in [2.45, 2.75) is 18.2 Å². The third-order valence-corrected chi connectivity index (χ3v) is 4.28. The van der Waals surface area contributed by atoms with Crippen LogP contribution in [0.3, 0.4) is 0 Å². The maximum atomic E-state index is 11.9. The van der Waals surface area contributed by atoms with Crippen LogP contribution >= 0.6 is 0 Å². The van der Waals surface area contributed by atoms with E-state index >= 15 is 0 Å². The maximum Gasteiger partial charge on any atom is 0.336 e. The molecule has 1 aromatic rings. The summed E-state index contributed by atoms with van der Waals surface area (Å²) in [6.07, 6.45) is 0.542. The number of aromatic carboxylic acids is 1. The number of carboxylic acid groups (broad SMARTS) is 1. The van der Waals surface area contributed by atoms with Gasteiger partial charge in [0.25, 0.3) is 0 Å². The molecule has 6 heteroatoms. The number of ether oxygens (including phenoxy) is 1. The van der Waals surface area contributed by atoms with Gasteiger partial charge in [0.15, 0.2) is 9.84 Å². The Labute approximate surface area is 106 Å². The van der Waals surface area contributed by atoms with E-state index in [4.69, 9.17) is 9.84 Å². The van der Waals surface area contributed by atoms with Crippen LogP contribution in [0.4, 0.5) is 0 Å². The van der Waals surface area contributed by atoms with Gasteiger partial charge < -0.3 is 9.84 Å². The van der Waals surface area contributed by atoms with Crippen LogP contribution < -0.4 is 0 Å². The van der Waals surface area contributed by atoms with Crippen LogP contribution in [-0.2, 0) is 21.0 Å². The Morgan fingerprint density at radius 1 is 1.39 bits per heavy atom. The molecule has 5 nitrogen and oxygen atoms in total. The quantitative estimate of drug-likeness (QED) is 0.845. The van der Waals surface area contributed by atoms with Crippen molar-refractivity contribution in [3.8, 4) is 0 Å². The predicted octanol–water partition coefficient (Wildman–Crippen LogP) is 1.37. The van der Waals surface area contributed by atoms with Gasteiger partial charge in [-0.15, -0.1) is 0 Å². The number of sulfone groups is 1. The lowest BCUT2D eigenvalue weighted by Crippen LogP contribution is -2.13. The van der Waals surface area contributed by atoms with Crippen molar-refractivity contribution in [1.29, 1.82) is 0 Å². The van der Waals surface area contributed by atoms with Gasteiger partial charge in [-0.1, -0.05) is 13.0 Å². The smallest absolute Gasteiger partial charge is 0.336 e. The van der Waals surface area contributed by atoms with Crippen LogP contribution in [0.2, 0.25) is 0 Å². The van der Waals surface area contributed by atoms with Crippen molar-refractivity contribution in [1.82, 2.24) is 0 Å².